The number of nitrogens with zero attached hydrogens (tertiary/aromatic N) is 1. The van der Waals surface area contributed by atoms with Crippen LogP contribution in [0.5, 0.6) is 0 Å². The van der Waals surface area contributed by atoms with Crippen LogP contribution in [0, 0.1) is 0 Å². The summed E-state index contributed by atoms with van der Waals surface area (Å²) >= 11 is 0. The zero-order chi connectivity index (χ0) is 26.6. The van der Waals surface area contributed by atoms with Gasteiger partial charge in [-0.1, -0.05) is 18.2 Å². The number of anilines is 1. The third kappa shape index (κ3) is 8.21. The second kappa shape index (κ2) is 12.7. The second-order valence-corrected chi connectivity index (χ2v) is 11.7. The van der Waals surface area contributed by atoms with Crippen LogP contribution in [-0.4, -0.2) is 89.2 Å². The number of rotatable bonds is 12. The van der Waals surface area contributed by atoms with E-state index in [9.17, 15) is 30.7 Å². The molecule has 1 aliphatic rings. The Balaban J connectivity index is 0.00000481. The van der Waals surface area contributed by atoms with Crippen molar-refractivity contribution in [3.8, 4) is 0 Å². The van der Waals surface area contributed by atoms with E-state index in [2.05, 4.69) is 5.32 Å². The van der Waals surface area contributed by atoms with E-state index in [-0.39, 0.29) is 53.8 Å². The van der Waals surface area contributed by atoms with Gasteiger partial charge in [0.1, 0.15) is 6.54 Å². The molecule has 1 unspecified atom stereocenters. The van der Waals surface area contributed by atoms with Crippen LogP contribution >= 0.6 is 0 Å². The predicted molar refractivity (Wildman–Crippen MR) is 142 cm³/mol. The average Bonchev–Trinajstić information content (AvgIpc) is 3.00. The van der Waals surface area contributed by atoms with E-state index in [4.69, 9.17) is 5.11 Å². The van der Waals surface area contributed by atoms with Crippen molar-refractivity contribution < 1.29 is 40.4 Å². The summed E-state index contributed by atoms with van der Waals surface area (Å²) in [4.78, 5) is 10.9. The van der Waals surface area contributed by atoms with Gasteiger partial charge < -0.3 is 10.4 Å². The fourth-order valence-electron chi connectivity index (χ4n) is 4.45. The Bertz CT molecular complexity index is 1410. The van der Waals surface area contributed by atoms with E-state index in [0.29, 0.717) is 29.8 Å². The van der Waals surface area contributed by atoms with Crippen LogP contribution < -0.4 is 5.32 Å². The molecule has 0 spiro atoms. The number of benzene rings is 2. The molecule has 1 heterocycles. The Hall–Kier alpha value is -2.06. The van der Waals surface area contributed by atoms with E-state index in [1.165, 1.54) is 18.2 Å². The first-order chi connectivity index (χ1) is 16.8. The predicted octanol–water partition coefficient (Wildman–Crippen LogP) is 2.80. The van der Waals surface area contributed by atoms with E-state index in [0.717, 1.165) is 5.69 Å². The van der Waals surface area contributed by atoms with Crippen molar-refractivity contribution in [2.75, 3.05) is 17.6 Å². The molecule has 196 valence electrons. The number of carbonyl (C=O) groups is 1. The number of carboxylic acids is 1. The fourth-order valence-corrected chi connectivity index (χ4v) is 5.45. The molecular formula is C24H30N2NaO8S2+. The summed E-state index contributed by atoms with van der Waals surface area (Å²) in [5.41, 5.74) is 1.83. The Labute approximate surface area is 238 Å². The standard InChI is InChI=1S/C24H28N2O8S2.Na.H/c1-24(13-5-9-23(27)28)20-17-19(36(32,33)34)10-11-21(20)26(15-6-16-35(29,30)31)22(24)12-14-25-18-7-3-2-4-8-18;;/h2-4,7-8,10-12,14,17H,5-6,9,13,15-16H2,1H3,(H3,27,28,29,30,31,32,33,34);;/p+1. The summed E-state index contributed by atoms with van der Waals surface area (Å²) in [6, 6.07) is 13.5. The maximum absolute atomic E-state index is 11.9. The molecule has 2 aromatic rings. The molecule has 0 aromatic heterocycles. The van der Waals surface area contributed by atoms with Crippen molar-refractivity contribution >= 4 is 72.8 Å². The van der Waals surface area contributed by atoms with Crippen molar-refractivity contribution in [2.45, 2.75) is 42.9 Å². The van der Waals surface area contributed by atoms with Gasteiger partial charge >= 0.3 is 35.5 Å². The number of carboxylic acid groups (broad SMARTS) is 1. The zero-order valence-corrected chi connectivity index (χ0v) is 21.3. The van der Waals surface area contributed by atoms with E-state index in [1.807, 2.05) is 41.8 Å². The molecule has 1 atom stereocenters. The van der Waals surface area contributed by atoms with Crippen LogP contribution in [0.4, 0.5) is 11.4 Å². The molecule has 0 bridgehead atoms. The Kier molecular flexibility index (Phi) is 10.7. The van der Waals surface area contributed by atoms with Crippen molar-refractivity contribution in [3.05, 3.63) is 66.4 Å². The molecule has 4 N–H and O–H groups in total. The number of aliphatic carboxylic acids is 1. The molecule has 13 heteroatoms. The quantitative estimate of drug-likeness (QED) is 0.173. The number of hydrogen-bond acceptors (Lipinski definition) is 6. The number of nitrogens with one attached hydrogen (secondary N) is 1. The van der Waals surface area contributed by atoms with Gasteiger partial charge in [0.05, 0.1) is 16.1 Å². The van der Waals surface area contributed by atoms with Crippen molar-refractivity contribution in [1.82, 2.24) is 0 Å². The van der Waals surface area contributed by atoms with Gasteiger partial charge in [-0.25, -0.2) is 0 Å². The normalized spacial score (nSPS) is 17.5. The first-order valence-corrected chi connectivity index (χ1v) is 14.3. The van der Waals surface area contributed by atoms with Gasteiger partial charge in [0, 0.05) is 42.4 Å². The third-order valence-corrected chi connectivity index (χ3v) is 7.78. The molecule has 1 aliphatic heterocycles. The minimum atomic E-state index is -4.50. The molecule has 10 nitrogen and oxygen atoms in total. The van der Waals surface area contributed by atoms with Crippen molar-refractivity contribution in [2.24, 2.45) is 0 Å². The topological polar surface area (TPSA) is 161 Å². The minimum absolute atomic E-state index is 0. The number of allylic oxidation sites excluding steroid dienone is 1. The molecule has 0 saturated heterocycles. The molecule has 37 heavy (non-hydrogen) atoms. The summed E-state index contributed by atoms with van der Waals surface area (Å²) in [6.07, 6.45) is 4.13. The summed E-state index contributed by atoms with van der Waals surface area (Å²) < 4.78 is 67.0. The van der Waals surface area contributed by atoms with Gasteiger partial charge in [0.2, 0.25) is 5.69 Å². The molecule has 0 radical (unpaired) electrons. The van der Waals surface area contributed by atoms with E-state index >= 15 is 0 Å². The summed E-state index contributed by atoms with van der Waals surface area (Å²) in [6.45, 7) is 2.05. The molecular weight excluding hydrogens is 531 g/mol. The monoisotopic (exact) mass is 561 g/mol. The van der Waals surface area contributed by atoms with Crippen LogP contribution in [-0.2, 0) is 30.4 Å². The molecule has 0 fully saturated rings. The van der Waals surface area contributed by atoms with Gasteiger partial charge in [-0.15, -0.1) is 0 Å². The summed E-state index contributed by atoms with van der Waals surface area (Å²) in [5, 5.41) is 12.3. The van der Waals surface area contributed by atoms with E-state index < -0.39 is 37.4 Å². The molecule has 0 aliphatic carbocycles. The van der Waals surface area contributed by atoms with Crippen LogP contribution in [0.3, 0.4) is 0 Å². The summed E-state index contributed by atoms with van der Waals surface area (Å²) in [5.74, 6) is -1.42. The van der Waals surface area contributed by atoms with Crippen LogP contribution in [0.2, 0.25) is 0 Å². The summed E-state index contributed by atoms with van der Waals surface area (Å²) in [7, 11) is -8.68. The fraction of sp³-hybridized carbons (Fsp3) is 0.333. The Morgan fingerprint density at radius 3 is 2.32 bits per heavy atom. The number of fused-ring (bicyclic) bond motifs is 1. The first kappa shape index (κ1) is 31.2. The number of para-hydroxylation sites is 1. The maximum atomic E-state index is 11.9. The van der Waals surface area contributed by atoms with Gasteiger partial charge in [-0.2, -0.15) is 21.4 Å². The third-order valence-electron chi connectivity index (χ3n) is 6.12. The zero-order valence-electron chi connectivity index (χ0n) is 19.7. The van der Waals surface area contributed by atoms with E-state index in [1.54, 1.807) is 12.3 Å². The first-order valence-electron chi connectivity index (χ1n) is 11.2. The molecule has 0 amide bonds. The Morgan fingerprint density at radius 2 is 1.73 bits per heavy atom. The van der Waals surface area contributed by atoms with Crippen LogP contribution in [0.25, 0.3) is 0 Å². The second-order valence-electron chi connectivity index (χ2n) is 8.75. The van der Waals surface area contributed by atoms with Gasteiger partial charge in [0.25, 0.3) is 20.2 Å². The van der Waals surface area contributed by atoms with Gasteiger partial charge in [0.15, 0.2) is 5.71 Å². The van der Waals surface area contributed by atoms with Crippen LogP contribution in [0.15, 0.2) is 65.7 Å². The average molecular weight is 562 g/mol. The Morgan fingerprint density at radius 1 is 1.05 bits per heavy atom. The molecule has 0 saturated carbocycles. The van der Waals surface area contributed by atoms with Gasteiger partial charge in [-0.05, 0) is 44.0 Å². The SMILES string of the molecule is CC1(CCCC(=O)O)C(/C=C/Nc2ccccc2)=[N+](CCCS(=O)(=O)O)c2ccc(S(=O)(=O)O)cc21.[NaH]. The molecule has 2 aromatic carbocycles. The number of hydrogen-bond donors (Lipinski definition) is 4. The van der Waals surface area contributed by atoms with Gasteiger partial charge in [-0.3, -0.25) is 13.9 Å². The van der Waals surface area contributed by atoms with Crippen molar-refractivity contribution in [1.29, 1.82) is 0 Å². The van der Waals surface area contributed by atoms with Crippen LogP contribution in [0.1, 0.15) is 38.2 Å². The molecule has 3 rings (SSSR count). The van der Waals surface area contributed by atoms with Crippen molar-refractivity contribution in [3.63, 3.8) is 0 Å².